The van der Waals surface area contributed by atoms with Gasteiger partial charge in [-0.15, -0.1) is 0 Å². The van der Waals surface area contributed by atoms with E-state index in [2.05, 4.69) is 11.6 Å². The molecule has 4 aliphatic heterocycles. The SMILES string of the molecule is C=Cc1c2[nH]c(c1C)C=C1N=C(C(=C(O)C(=O)OC)C3=NC(=CC4=NC(=C2)C(C)=C4CC)C(C)=C3C(=O)OC)C(CCC(=O)O)C1C. The van der Waals surface area contributed by atoms with Crippen LogP contribution in [0.2, 0.25) is 0 Å². The summed E-state index contributed by atoms with van der Waals surface area (Å²) in [5, 5.41) is 21.1. The Balaban J connectivity index is 1.93. The molecule has 5 heterocycles. The minimum Gasteiger partial charge on any atom is -0.501 e. The lowest BCUT2D eigenvalue weighted by atomic mass is 9.81. The summed E-state index contributed by atoms with van der Waals surface area (Å²) in [6.07, 6.45) is 8.04. The van der Waals surface area contributed by atoms with Crippen molar-refractivity contribution in [2.24, 2.45) is 26.8 Å². The molecule has 0 spiro atoms. The fraction of sp³-hybridized carbons (Fsp3) is 0.333. The predicted molar refractivity (Wildman–Crippen MR) is 181 cm³/mol. The normalized spacial score (nSPS) is 21.4. The second-order valence-corrected chi connectivity index (χ2v) is 11.8. The molecule has 0 fully saturated rings. The highest BCUT2D eigenvalue weighted by Gasteiger charge is 2.42. The molecule has 5 rings (SSSR count). The molecule has 8 bridgehead atoms. The molecule has 2 unspecified atom stereocenters. The number of allylic oxidation sites excluding steroid dienone is 6. The number of hydrogen-bond donors (Lipinski definition) is 3. The molecule has 0 saturated carbocycles. The lowest BCUT2D eigenvalue weighted by Crippen LogP contribution is -2.28. The molecule has 0 radical (unpaired) electrons. The molecular weight excluding hydrogens is 600 g/mol. The van der Waals surface area contributed by atoms with E-state index in [9.17, 15) is 24.6 Å². The number of carbonyl (C=O) groups excluding carboxylic acids is 2. The summed E-state index contributed by atoms with van der Waals surface area (Å²) >= 11 is 0. The first-order chi connectivity index (χ1) is 22.4. The number of carbonyl (C=O) groups is 3. The van der Waals surface area contributed by atoms with Crippen LogP contribution in [0.15, 0.2) is 78.3 Å². The summed E-state index contributed by atoms with van der Waals surface area (Å²) < 4.78 is 10.1. The van der Waals surface area contributed by atoms with Crippen LogP contribution < -0.4 is 0 Å². The van der Waals surface area contributed by atoms with Crippen molar-refractivity contribution >= 4 is 53.3 Å². The molecule has 0 amide bonds. The molecule has 2 atom stereocenters. The number of aliphatic carboxylic acids is 1. The summed E-state index contributed by atoms with van der Waals surface area (Å²) in [6, 6.07) is 0. The van der Waals surface area contributed by atoms with Gasteiger partial charge in [0.05, 0.1) is 53.9 Å². The molecule has 11 nitrogen and oxygen atoms in total. The number of aromatic nitrogens is 1. The number of ether oxygens (including phenoxy) is 2. The van der Waals surface area contributed by atoms with E-state index in [0.717, 1.165) is 46.5 Å². The Hall–Kier alpha value is -5.32. The average Bonchev–Trinajstić information content (AvgIpc) is 3.72. The quantitative estimate of drug-likeness (QED) is 0.181. The fourth-order valence-electron chi connectivity index (χ4n) is 6.55. The zero-order chi connectivity index (χ0) is 34.3. The van der Waals surface area contributed by atoms with Gasteiger partial charge >= 0.3 is 17.9 Å². The maximum absolute atomic E-state index is 13.4. The Bertz CT molecular complexity index is 1920. The van der Waals surface area contributed by atoms with Crippen LogP contribution in [0.1, 0.15) is 69.5 Å². The van der Waals surface area contributed by atoms with E-state index in [1.54, 1.807) is 19.1 Å². The minimum absolute atomic E-state index is 0.0245. The number of aliphatic hydroxyl groups excluding tert-OH is 1. The Morgan fingerprint density at radius 3 is 2.30 bits per heavy atom. The summed E-state index contributed by atoms with van der Waals surface area (Å²) in [6.45, 7) is 13.7. The Morgan fingerprint density at radius 2 is 1.68 bits per heavy atom. The van der Waals surface area contributed by atoms with E-state index in [-0.39, 0.29) is 41.3 Å². The summed E-state index contributed by atoms with van der Waals surface area (Å²) in [4.78, 5) is 56.3. The number of carboxylic acid groups (broad SMARTS) is 1. The van der Waals surface area contributed by atoms with Gasteiger partial charge in [0, 0.05) is 40.9 Å². The second-order valence-electron chi connectivity index (χ2n) is 11.8. The molecule has 11 heteroatoms. The third-order valence-corrected chi connectivity index (χ3v) is 9.23. The van der Waals surface area contributed by atoms with Gasteiger partial charge in [0.25, 0.3) is 0 Å². The van der Waals surface area contributed by atoms with Gasteiger partial charge in [-0.05, 0) is 74.1 Å². The maximum atomic E-state index is 13.4. The van der Waals surface area contributed by atoms with Crippen molar-refractivity contribution in [3.05, 3.63) is 85.9 Å². The van der Waals surface area contributed by atoms with Gasteiger partial charge in [-0.25, -0.2) is 19.6 Å². The summed E-state index contributed by atoms with van der Waals surface area (Å²) in [7, 11) is 2.36. The molecule has 0 aliphatic carbocycles. The Morgan fingerprint density at radius 1 is 0.979 bits per heavy atom. The lowest BCUT2D eigenvalue weighted by Gasteiger charge is -2.20. The number of methoxy groups -OCH3 is 2. The molecular formula is C36H38N4O7. The second kappa shape index (κ2) is 12.8. The zero-order valence-corrected chi connectivity index (χ0v) is 27.6. The van der Waals surface area contributed by atoms with Crippen LogP contribution in [-0.4, -0.2) is 64.5 Å². The molecule has 0 aromatic carbocycles. The number of rotatable bonds is 7. The number of aromatic amines is 1. The van der Waals surface area contributed by atoms with Gasteiger partial charge in [0.1, 0.15) is 0 Å². The summed E-state index contributed by atoms with van der Waals surface area (Å²) in [5.41, 5.74) is 8.31. The average molecular weight is 639 g/mol. The van der Waals surface area contributed by atoms with Crippen molar-refractivity contribution in [1.29, 1.82) is 0 Å². The van der Waals surface area contributed by atoms with E-state index in [1.807, 2.05) is 39.8 Å². The lowest BCUT2D eigenvalue weighted by molar-refractivity contribution is -0.139. The molecule has 4 aliphatic rings. The summed E-state index contributed by atoms with van der Waals surface area (Å²) in [5.74, 6) is -4.54. The minimum atomic E-state index is -1.07. The van der Waals surface area contributed by atoms with Crippen LogP contribution >= 0.6 is 0 Å². The van der Waals surface area contributed by atoms with Crippen LogP contribution in [0.5, 0.6) is 0 Å². The van der Waals surface area contributed by atoms with E-state index in [0.29, 0.717) is 29.1 Å². The maximum Gasteiger partial charge on any atom is 0.373 e. The van der Waals surface area contributed by atoms with Gasteiger partial charge in [-0.2, -0.15) is 0 Å². The monoisotopic (exact) mass is 638 g/mol. The molecule has 47 heavy (non-hydrogen) atoms. The van der Waals surface area contributed by atoms with Crippen molar-refractivity contribution < 1.29 is 34.1 Å². The number of fused-ring (bicyclic) bond motifs is 5. The Kier molecular flexibility index (Phi) is 9.02. The predicted octanol–water partition coefficient (Wildman–Crippen LogP) is 6.23. The number of nitrogens with zero attached hydrogens (tertiary/aromatic N) is 3. The number of esters is 2. The molecule has 0 saturated heterocycles. The van der Waals surface area contributed by atoms with Crippen molar-refractivity contribution in [3.8, 4) is 0 Å². The highest BCUT2D eigenvalue weighted by Crippen LogP contribution is 2.42. The van der Waals surface area contributed by atoms with Crippen molar-refractivity contribution in [2.75, 3.05) is 14.2 Å². The third kappa shape index (κ3) is 5.66. The first-order valence-corrected chi connectivity index (χ1v) is 15.4. The Labute approximate surface area is 272 Å². The van der Waals surface area contributed by atoms with Crippen LogP contribution in [0.4, 0.5) is 0 Å². The van der Waals surface area contributed by atoms with Gasteiger partial charge in [0.2, 0.25) is 5.76 Å². The standard InChI is InChI=1S/C36H38N4O7/c1-9-20-16(3)23-13-25-18(5)22(11-12-29(41)42)32(39-25)31(34(43)36(45)47-8)33-30(35(44)46-7)19(6)26(40-33)15-28-21(10-2)17(4)24(38-28)14-27(20)37-23/h9,13-15,18,22,37,43H,1,10-12H2,2-8H3,(H,41,42). The highest BCUT2D eigenvalue weighted by molar-refractivity contribution is 6.41. The van der Waals surface area contributed by atoms with Gasteiger partial charge in [-0.3, -0.25) is 9.79 Å². The zero-order valence-electron chi connectivity index (χ0n) is 27.6. The number of nitrogens with one attached hydrogen (secondary N) is 1. The van der Waals surface area contributed by atoms with Gasteiger partial charge in [-0.1, -0.05) is 26.5 Å². The number of H-pyrrole nitrogens is 1. The number of aliphatic hydroxyl groups is 1. The van der Waals surface area contributed by atoms with E-state index < -0.39 is 29.6 Å². The van der Waals surface area contributed by atoms with E-state index >= 15 is 0 Å². The largest absolute Gasteiger partial charge is 0.501 e. The number of aliphatic imine (C=N–C) groups is 3. The van der Waals surface area contributed by atoms with Crippen LogP contribution in [0.3, 0.4) is 0 Å². The highest BCUT2D eigenvalue weighted by atomic mass is 16.5. The van der Waals surface area contributed by atoms with Crippen molar-refractivity contribution in [2.45, 2.75) is 53.9 Å². The van der Waals surface area contributed by atoms with Crippen LogP contribution in [0, 0.1) is 18.8 Å². The van der Waals surface area contributed by atoms with Crippen LogP contribution in [-0.2, 0) is 23.9 Å². The first-order valence-electron chi connectivity index (χ1n) is 15.4. The van der Waals surface area contributed by atoms with Crippen molar-refractivity contribution in [3.63, 3.8) is 0 Å². The van der Waals surface area contributed by atoms with Crippen molar-refractivity contribution in [1.82, 2.24) is 4.98 Å². The van der Waals surface area contributed by atoms with Gasteiger partial charge < -0.3 is 24.7 Å². The topological polar surface area (TPSA) is 163 Å². The number of hydrogen-bond acceptors (Lipinski definition) is 9. The molecule has 3 N–H and O–H groups in total. The fourth-order valence-corrected chi connectivity index (χ4v) is 6.55. The van der Waals surface area contributed by atoms with E-state index in [1.165, 1.54) is 7.11 Å². The van der Waals surface area contributed by atoms with E-state index in [4.69, 9.17) is 24.5 Å². The molecule has 1 aromatic rings. The number of carboxylic acids is 1. The first kappa shape index (κ1) is 33.1. The third-order valence-electron chi connectivity index (χ3n) is 9.23. The van der Waals surface area contributed by atoms with Crippen LogP contribution in [0.25, 0.3) is 18.2 Å². The van der Waals surface area contributed by atoms with Gasteiger partial charge in [0.15, 0.2) is 0 Å². The molecule has 1 aromatic heterocycles. The smallest absolute Gasteiger partial charge is 0.373 e. The molecule has 244 valence electrons.